The van der Waals surface area contributed by atoms with Crippen LogP contribution in [0.1, 0.15) is 16.8 Å². The first kappa shape index (κ1) is 23.9. The number of ether oxygens (including phenoxy) is 1. The second-order valence-electron chi connectivity index (χ2n) is 7.40. The molecule has 0 atom stereocenters. The highest BCUT2D eigenvalue weighted by molar-refractivity contribution is 7.92. The monoisotopic (exact) mass is 471 g/mol. The van der Waals surface area contributed by atoms with Crippen LogP contribution in [0.3, 0.4) is 0 Å². The minimum Gasteiger partial charge on any atom is -0.497 e. The topological polar surface area (TPSA) is 78.9 Å². The maximum absolute atomic E-state index is 12.9. The van der Waals surface area contributed by atoms with Crippen LogP contribution in [-0.4, -0.2) is 70.1 Å². The SMILES string of the molecule is COc1ccc(NS(=O)(=O)c2cccc(C(=O)N3CCCN(CC(F)(F)F)CC3)c2)cc1. The fraction of sp³-hybridized carbons (Fsp3) is 0.381. The highest BCUT2D eigenvalue weighted by Crippen LogP contribution is 2.21. The smallest absolute Gasteiger partial charge is 0.401 e. The van der Waals surface area contributed by atoms with Gasteiger partial charge in [-0.3, -0.25) is 14.4 Å². The van der Waals surface area contributed by atoms with Crippen molar-refractivity contribution in [3.05, 3.63) is 54.1 Å². The molecule has 7 nitrogen and oxygen atoms in total. The number of sulfonamides is 1. The normalized spacial score (nSPS) is 15.8. The zero-order chi connectivity index (χ0) is 23.4. The Labute approximate surface area is 184 Å². The van der Waals surface area contributed by atoms with Gasteiger partial charge in [-0.15, -0.1) is 0 Å². The molecule has 0 aliphatic carbocycles. The van der Waals surface area contributed by atoms with Crippen LogP contribution in [0.4, 0.5) is 18.9 Å². The first-order valence-electron chi connectivity index (χ1n) is 9.93. The fourth-order valence-corrected chi connectivity index (χ4v) is 4.54. The first-order valence-corrected chi connectivity index (χ1v) is 11.4. The van der Waals surface area contributed by atoms with Crippen molar-refractivity contribution in [1.82, 2.24) is 9.80 Å². The number of anilines is 1. The third kappa shape index (κ3) is 6.36. The molecule has 2 aromatic carbocycles. The van der Waals surface area contributed by atoms with Crippen LogP contribution < -0.4 is 9.46 Å². The number of nitrogens with zero attached hydrogens (tertiary/aromatic N) is 2. The van der Waals surface area contributed by atoms with Gasteiger partial charge in [-0.1, -0.05) is 6.07 Å². The Morgan fingerprint density at radius 2 is 1.78 bits per heavy atom. The maximum atomic E-state index is 12.9. The average Bonchev–Trinajstić information content (AvgIpc) is 2.98. The number of rotatable bonds is 6. The van der Waals surface area contributed by atoms with Gasteiger partial charge in [-0.05, 0) is 48.9 Å². The molecule has 174 valence electrons. The van der Waals surface area contributed by atoms with E-state index in [2.05, 4.69) is 4.72 Å². The van der Waals surface area contributed by atoms with Crippen molar-refractivity contribution in [2.75, 3.05) is 44.6 Å². The number of carbonyl (C=O) groups is 1. The Balaban J connectivity index is 1.71. The number of nitrogens with one attached hydrogen (secondary N) is 1. The molecule has 1 aliphatic rings. The van der Waals surface area contributed by atoms with E-state index in [1.807, 2.05) is 0 Å². The molecule has 3 rings (SSSR count). The van der Waals surface area contributed by atoms with Gasteiger partial charge in [0.1, 0.15) is 5.75 Å². The van der Waals surface area contributed by atoms with Gasteiger partial charge < -0.3 is 9.64 Å². The Bertz CT molecular complexity index is 1040. The van der Waals surface area contributed by atoms with Crippen molar-refractivity contribution >= 4 is 21.6 Å². The minimum absolute atomic E-state index is 0.0901. The molecule has 11 heteroatoms. The van der Waals surface area contributed by atoms with Gasteiger partial charge in [-0.2, -0.15) is 13.2 Å². The molecule has 0 aromatic heterocycles. The van der Waals surface area contributed by atoms with E-state index in [-0.39, 0.29) is 30.1 Å². The van der Waals surface area contributed by atoms with E-state index in [0.717, 1.165) is 0 Å². The van der Waals surface area contributed by atoms with Crippen molar-refractivity contribution in [1.29, 1.82) is 0 Å². The van der Waals surface area contributed by atoms with E-state index >= 15 is 0 Å². The quantitative estimate of drug-likeness (QED) is 0.700. The summed E-state index contributed by atoms with van der Waals surface area (Å²) in [6, 6.07) is 11.9. The lowest BCUT2D eigenvalue weighted by molar-refractivity contribution is -0.145. The van der Waals surface area contributed by atoms with Crippen LogP contribution in [0, 0.1) is 0 Å². The van der Waals surface area contributed by atoms with E-state index in [4.69, 9.17) is 4.74 Å². The lowest BCUT2D eigenvalue weighted by Gasteiger charge is -2.23. The zero-order valence-corrected chi connectivity index (χ0v) is 18.2. The number of hydrogen-bond acceptors (Lipinski definition) is 5. The molecule has 1 heterocycles. The zero-order valence-electron chi connectivity index (χ0n) is 17.4. The van der Waals surface area contributed by atoms with Crippen molar-refractivity contribution in [3.8, 4) is 5.75 Å². The van der Waals surface area contributed by atoms with Gasteiger partial charge >= 0.3 is 6.18 Å². The van der Waals surface area contributed by atoms with Crippen molar-refractivity contribution in [2.45, 2.75) is 17.5 Å². The predicted octanol–water partition coefficient (Wildman–Crippen LogP) is 3.21. The van der Waals surface area contributed by atoms with Gasteiger partial charge in [0.15, 0.2) is 0 Å². The summed E-state index contributed by atoms with van der Waals surface area (Å²) in [5, 5.41) is 0. The number of alkyl halides is 3. The molecule has 0 spiro atoms. The number of methoxy groups -OCH3 is 1. The van der Waals surface area contributed by atoms with Gasteiger partial charge in [0.2, 0.25) is 0 Å². The summed E-state index contributed by atoms with van der Waals surface area (Å²) in [6.45, 7) is -0.240. The Morgan fingerprint density at radius 3 is 2.44 bits per heavy atom. The molecule has 2 aromatic rings. The summed E-state index contributed by atoms with van der Waals surface area (Å²) in [6.07, 6.45) is -3.89. The molecule has 0 saturated carbocycles. The number of amides is 1. The molecule has 0 unspecified atom stereocenters. The van der Waals surface area contributed by atoms with Crippen molar-refractivity contribution < 1.29 is 31.1 Å². The summed E-state index contributed by atoms with van der Waals surface area (Å²) in [5.41, 5.74) is 0.492. The highest BCUT2D eigenvalue weighted by Gasteiger charge is 2.32. The Morgan fingerprint density at radius 1 is 1.06 bits per heavy atom. The van der Waals surface area contributed by atoms with E-state index in [9.17, 15) is 26.4 Å². The van der Waals surface area contributed by atoms with Crippen LogP contribution in [-0.2, 0) is 10.0 Å². The van der Waals surface area contributed by atoms with Crippen LogP contribution in [0.15, 0.2) is 53.4 Å². The molecular weight excluding hydrogens is 447 g/mol. The van der Waals surface area contributed by atoms with Crippen LogP contribution in [0.5, 0.6) is 5.75 Å². The molecular formula is C21H24F3N3O4S. The highest BCUT2D eigenvalue weighted by atomic mass is 32.2. The minimum atomic E-state index is -4.29. The number of benzene rings is 2. The summed E-state index contributed by atoms with van der Waals surface area (Å²) in [5.74, 6) is 0.159. The van der Waals surface area contributed by atoms with Gasteiger partial charge in [-0.25, -0.2) is 8.42 Å². The van der Waals surface area contributed by atoms with Crippen LogP contribution in [0.25, 0.3) is 0 Å². The van der Waals surface area contributed by atoms with E-state index < -0.39 is 28.7 Å². The summed E-state index contributed by atoms with van der Waals surface area (Å²) in [7, 11) is -2.45. The van der Waals surface area contributed by atoms with Crippen LogP contribution in [0.2, 0.25) is 0 Å². The van der Waals surface area contributed by atoms with Gasteiger partial charge in [0, 0.05) is 37.4 Å². The lowest BCUT2D eigenvalue weighted by atomic mass is 10.2. The molecule has 0 radical (unpaired) electrons. The summed E-state index contributed by atoms with van der Waals surface area (Å²) >= 11 is 0. The second kappa shape index (κ2) is 9.78. The van der Waals surface area contributed by atoms with Crippen molar-refractivity contribution in [3.63, 3.8) is 0 Å². The van der Waals surface area contributed by atoms with Crippen LogP contribution >= 0.6 is 0 Å². The third-order valence-corrected chi connectivity index (χ3v) is 6.39. The number of carbonyl (C=O) groups excluding carboxylic acids is 1. The van der Waals surface area contributed by atoms with E-state index in [0.29, 0.717) is 24.4 Å². The molecule has 1 N–H and O–H groups in total. The Hall–Kier alpha value is -2.79. The average molecular weight is 472 g/mol. The largest absolute Gasteiger partial charge is 0.497 e. The second-order valence-corrected chi connectivity index (χ2v) is 9.08. The maximum Gasteiger partial charge on any atom is 0.401 e. The van der Waals surface area contributed by atoms with E-state index in [1.54, 1.807) is 24.3 Å². The van der Waals surface area contributed by atoms with Crippen molar-refractivity contribution in [2.24, 2.45) is 0 Å². The molecule has 32 heavy (non-hydrogen) atoms. The lowest BCUT2D eigenvalue weighted by Crippen LogP contribution is -2.38. The summed E-state index contributed by atoms with van der Waals surface area (Å²) in [4.78, 5) is 15.5. The third-order valence-electron chi connectivity index (χ3n) is 5.01. The number of hydrogen-bond donors (Lipinski definition) is 1. The molecule has 0 bridgehead atoms. The molecule has 1 fully saturated rings. The molecule has 1 amide bonds. The van der Waals surface area contributed by atoms with E-state index in [1.165, 1.54) is 41.2 Å². The first-order chi connectivity index (χ1) is 15.1. The summed E-state index contributed by atoms with van der Waals surface area (Å²) < 4.78 is 71.0. The fourth-order valence-electron chi connectivity index (χ4n) is 3.44. The molecule has 1 aliphatic heterocycles. The predicted molar refractivity (Wildman–Crippen MR) is 113 cm³/mol. The van der Waals surface area contributed by atoms with Gasteiger partial charge in [0.25, 0.3) is 15.9 Å². The Kier molecular flexibility index (Phi) is 7.29. The van der Waals surface area contributed by atoms with Gasteiger partial charge in [0.05, 0.1) is 18.6 Å². The number of halogens is 3. The standard InChI is InChI=1S/C21H24F3N3O4S/c1-31-18-8-6-17(7-9-18)25-32(29,30)19-5-2-4-16(14-19)20(28)27-11-3-10-26(12-13-27)15-21(22,23)24/h2,4-9,14,25H,3,10-13,15H2,1H3. The molecule has 1 saturated heterocycles.